The summed E-state index contributed by atoms with van der Waals surface area (Å²) in [4.78, 5) is 14.5. The Morgan fingerprint density at radius 3 is 2.77 bits per heavy atom. The van der Waals surface area contributed by atoms with Gasteiger partial charge in [-0.1, -0.05) is 29.3 Å². The molecule has 1 aromatic carbocycles. The largest absolute Gasteiger partial charge is 0.379 e. The van der Waals surface area contributed by atoms with Crippen LogP contribution in [0.2, 0.25) is 10.0 Å². The highest BCUT2D eigenvalue weighted by Crippen LogP contribution is 2.48. The number of hydrogen-bond donors (Lipinski definition) is 1. The molecule has 1 N–H and O–H groups in total. The number of carbonyl (C=O) groups is 1. The number of ether oxygens (including phenoxy) is 1. The lowest BCUT2D eigenvalue weighted by molar-refractivity contribution is -0.122. The fourth-order valence-corrected chi connectivity index (χ4v) is 3.20. The van der Waals surface area contributed by atoms with E-state index in [1.807, 2.05) is 12.1 Å². The van der Waals surface area contributed by atoms with Crippen LogP contribution in [0, 0.1) is 5.92 Å². The molecule has 0 aromatic heterocycles. The molecule has 2 fully saturated rings. The molecule has 1 aliphatic carbocycles. The SMILES string of the molecule is O=C(NCCN1CCOCC1)[C@H]1C[C@@H]1c1ccc(Cl)c(Cl)c1. The number of halogens is 2. The van der Waals surface area contributed by atoms with Crippen LogP contribution in [0.5, 0.6) is 0 Å². The predicted molar refractivity (Wildman–Crippen MR) is 87.6 cm³/mol. The van der Waals surface area contributed by atoms with Crippen molar-refractivity contribution in [1.82, 2.24) is 10.2 Å². The Bertz CT molecular complexity index is 547. The first-order chi connectivity index (χ1) is 10.6. The van der Waals surface area contributed by atoms with E-state index in [1.165, 1.54) is 0 Å². The average molecular weight is 343 g/mol. The minimum Gasteiger partial charge on any atom is -0.379 e. The maximum Gasteiger partial charge on any atom is 0.223 e. The van der Waals surface area contributed by atoms with E-state index in [4.69, 9.17) is 27.9 Å². The molecule has 1 saturated carbocycles. The van der Waals surface area contributed by atoms with Gasteiger partial charge in [0.2, 0.25) is 5.91 Å². The Morgan fingerprint density at radius 2 is 2.05 bits per heavy atom. The van der Waals surface area contributed by atoms with Crippen LogP contribution in [0.1, 0.15) is 17.9 Å². The molecule has 0 radical (unpaired) electrons. The molecule has 3 rings (SSSR count). The number of carbonyl (C=O) groups excluding carboxylic acids is 1. The summed E-state index contributed by atoms with van der Waals surface area (Å²) in [6.07, 6.45) is 0.890. The Kier molecular flexibility index (Phi) is 5.24. The van der Waals surface area contributed by atoms with Crippen LogP contribution in [0.4, 0.5) is 0 Å². The van der Waals surface area contributed by atoms with E-state index < -0.39 is 0 Å². The van der Waals surface area contributed by atoms with Gasteiger partial charge in [-0.3, -0.25) is 9.69 Å². The second-order valence-electron chi connectivity index (χ2n) is 5.87. The molecule has 6 heteroatoms. The topological polar surface area (TPSA) is 41.6 Å². The van der Waals surface area contributed by atoms with Crippen molar-refractivity contribution < 1.29 is 9.53 Å². The monoisotopic (exact) mass is 342 g/mol. The second kappa shape index (κ2) is 7.18. The lowest BCUT2D eigenvalue weighted by Crippen LogP contribution is -2.41. The molecule has 2 aliphatic rings. The molecule has 2 atom stereocenters. The van der Waals surface area contributed by atoms with Crippen LogP contribution < -0.4 is 5.32 Å². The smallest absolute Gasteiger partial charge is 0.223 e. The van der Waals surface area contributed by atoms with Gasteiger partial charge in [0, 0.05) is 32.1 Å². The van der Waals surface area contributed by atoms with Gasteiger partial charge in [-0.15, -0.1) is 0 Å². The molecule has 1 amide bonds. The zero-order valence-electron chi connectivity index (χ0n) is 12.4. The quantitative estimate of drug-likeness (QED) is 0.893. The van der Waals surface area contributed by atoms with Gasteiger partial charge in [-0.25, -0.2) is 0 Å². The van der Waals surface area contributed by atoms with Crippen LogP contribution in [0.15, 0.2) is 18.2 Å². The van der Waals surface area contributed by atoms with Crippen molar-refractivity contribution in [2.75, 3.05) is 39.4 Å². The van der Waals surface area contributed by atoms with E-state index in [0.29, 0.717) is 16.6 Å². The van der Waals surface area contributed by atoms with E-state index in [0.717, 1.165) is 44.8 Å². The predicted octanol–water partition coefficient (Wildman–Crippen LogP) is 2.55. The van der Waals surface area contributed by atoms with Crippen molar-refractivity contribution in [2.24, 2.45) is 5.92 Å². The van der Waals surface area contributed by atoms with Crippen molar-refractivity contribution in [3.63, 3.8) is 0 Å². The zero-order chi connectivity index (χ0) is 15.5. The van der Waals surface area contributed by atoms with Gasteiger partial charge < -0.3 is 10.1 Å². The number of benzene rings is 1. The van der Waals surface area contributed by atoms with Crippen LogP contribution in [-0.2, 0) is 9.53 Å². The van der Waals surface area contributed by atoms with Crippen molar-refractivity contribution in [2.45, 2.75) is 12.3 Å². The summed E-state index contributed by atoms with van der Waals surface area (Å²) in [5, 5.41) is 4.14. The Labute approximate surface area is 140 Å². The average Bonchev–Trinajstić information content (AvgIpc) is 3.32. The van der Waals surface area contributed by atoms with Gasteiger partial charge in [0.1, 0.15) is 0 Å². The highest BCUT2D eigenvalue weighted by Gasteiger charge is 2.43. The number of morpholine rings is 1. The number of rotatable bonds is 5. The van der Waals surface area contributed by atoms with E-state index in [9.17, 15) is 4.79 Å². The van der Waals surface area contributed by atoms with Gasteiger partial charge in [0.05, 0.1) is 23.3 Å². The third-order valence-electron chi connectivity index (χ3n) is 4.33. The van der Waals surface area contributed by atoms with E-state index in [2.05, 4.69) is 10.2 Å². The molecule has 0 spiro atoms. The van der Waals surface area contributed by atoms with Crippen LogP contribution in [-0.4, -0.2) is 50.2 Å². The number of amides is 1. The molecule has 4 nitrogen and oxygen atoms in total. The summed E-state index contributed by atoms with van der Waals surface area (Å²) < 4.78 is 5.31. The van der Waals surface area contributed by atoms with Crippen molar-refractivity contribution >= 4 is 29.1 Å². The van der Waals surface area contributed by atoms with Crippen LogP contribution in [0.25, 0.3) is 0 Å². The van der Waals surface area contributed by atoms with E-state index >= 15 is 0 Å². The Morgan fingerprint density at radius 1 is 1.27 bits per heavy atom. The molecule has 1 aliphatic heterocycles. The van der Waals surface area contributed by atoms with Gasteiger partial charge in [0.15, 0.2) is 0 Å². The summed E-state index contributed by atoms with van der Waals surface area (Å²) in [5.74, 6) is 0.490. The lowest BCUT2D eigenvalue weighted by atomic mass is 10.1. The van der Waals surface area contributed by atoms with Gasteiger partial charge in [-0.2, -0.15) is 0 Å². The molecule has 0 bridgehead atoms. The van der Waals surface area contributed by atoms with E-state index in [-0.39, 0.29) is 17.7 Å². The fourth-order valence-electron chi connectivity index (χ4n) is 2.89. The maximum absolute atomic E-state index is 12.2. The van der Waals surface area contributed by atoms with Crippen LogP contribution in [0.3, 0.4) is 0 Å². The highest BCUT2D eigenvalue weighted by atomic mass is 35.5. The molecular formula is C16H20Cl2N2O2. The first-order valence-corrected chi connectivity index (χ1v) is 8.43. The standard InChI is InChI=1S/C16H20Cl2N2O2/c17-14-2-1-11(9-15(14)18)12-10-13(12)16(21)19-3-4-20-5-7-22-8-6-20/h1-2,9,12-13H,3-8,10H2,(H,19,21)/t12-,13+/m1/s1. The molecular weight excluding hydrogens is 323 g/mol. The zero-order valence-corrected chi connectivity index (χ0v) is 13.9. The fraction of sp³-hybridized carbons (Fsp3) is 0.562. The third kappa shape index (κ3) is 3.93. The molecule has 1 aromatic rings. The normalized spacial score (nSPS) is 25.0. The van der Waals surface area contributed by atoms with Crippen LogP contribution >= 0.6 is 23.2 Å². The lowest BCUT2D eigenvalue weighted by Gasteiger charge is -2.26. The first-order valence-electron chi connectivity index (χ1n) is 7.68. The number of hydrogen-bond acceptors (Lipinski definition) is 3. The Balaban J connectivity index is 1.43. The van der Waals surface area contributed by atoms with Gasteiger partial charge >= 0.3 is 0 Å². The third-order valence-corrected chi connectivity index (χ3v) is 5.07. The first kappa shape index (κ1) is 16.1. The molecule has 1 saturated heterocycles. The molecule has 0 unspecified atom stereocenters. The van der Waals surface area contributed by atoms with E-state index in [1.54, 1.807) is 6.07 Å². The summed E-state index contributed by atoms with van der Waals surface area (Å²) in [7, 11) is 0. The van der Waals surface area contributed by atoms with Gasteiger partial charge in [-0.05, 0) is 30.0 Å². The summed E-state index contributed by atoms with van der Waals surface area (Å²) in [6.45, 7) is 5.06. The molecule has 22 heavy (non-hydrogen) atoms. The summed E-state index contributed by atoms with van der Waals surface area (Å²) >= 11 is 12.0. The highest BCUT2D eigenvalue weighted by molar-refractivity contribution is 6.42. The Hall–Kier alpha value is -0.810. The number of nitrogens with one attached hydrogen (secondary N) is 1. The van der Waals surface area contributed by atoms with Crippen molar-refractivity contribution in [1.29, 1.82) is 0 Å². The summed E-state index contributed by atoms with van der Waals surface area (Å²) in [6, 6.07) is 5.63. The summed E-state index contributed by atoms with van der Waals surface area (Å²) in [5.41, 5.74) is 1.10. The minimum absolute atomic E-state index is 0.0712. The molecule has 120 valence electrons. The minimum atomic E-state index is 0.0712. The van der Waals surface area contributed by atoms with Gasteiger partial charge in [0.25, 0.3) is 0 Å². The number of nitrogens with zero attached hydrogens (tertiary/aromatic N) is 1. The second-order valence-corrected chi connectivity index (χ2v) is 6.68. The maximum atomic E-state index is 12.2. The van der Waals surface area contributed by atoms with Crippen molar-refractivity contribution in [3.05, 3.63) is 33.8 Å². The van der Waals surface area contributed by atoms with Crippen molar-refractivity contribution in [3.8, 4) is 0 Å². The molecule has 1 heterocycles.